The molecule has 0 aliphatic rings. The Labute approximate surface area is 146 Å². The van der Waals surface area contributed by atoms with Crippen molar-refractivity contribution in [2.24, 2.45) is 5.92 Å². The second-order valence-electron chi connectivity index (χ2n) is 6.41. The van der Waals surface area contributed by atoms with E-state index in [4.69, 9.17) is 4.74 Å². The Morgan fingerprint density at radius 2 is 2.12 bits per heavy atom. The van der Waals surface area contributed by atoms with Crippen molar-refractivity contribution in [2.45, 2.75) is 40.7 Å². The van der Waals surface area contributed by atoms with Gasteiger partial charge in [-0.05, 0) is 54.3 Å². The Balaban J connectivity index is 2.12. The van der Waals surface area contributed by atoms with E-state index in [1.165, 1.54) is 18.3 Å². The molecule has 7 nitrogen and oxygen atoms in total. The van der Waals surface area contributed by atoms with E-state index in [-0.39, 0.29) is 18.1 Å². The maximum Gasteiger partial charge on any atom is 0.406 e. The number of pyridine rings is 1. The normalized spacial score (nSPS) is 10.9. The zero-order valence-electron chi connectivity index (χ0n) is 15.0. The monoisotopic (exact) mass is 345 g/mol. The van der Waals surface area contributed by atoms with E-state index in [1.807, 2.05) is 19.9 Å². The average Bonchev–Trinajstić information content (AvgIpc) is 2.85. The number of carbonyl (C=O) groups excluding carboxylic acids is 1. The standard InChI is InChI=1S/C18H23N3O4/c1-12(2)7-9-20-13(3)10-15(14(20)4)16(22)11-25-17-6-5-8-19-18(17)21(23)24/h5-6,8,10,12H,7,9,11H2,1-4H3. The number of ether oxygens (including phenoxy) is 1. The molecule has 0 N–H and O–H groups in total. The van der Waals surface area contributed by atoms with Crippen LogP contribution < -0.4 is 4.74 Å². The lowest BCUT2D eigenvalue weighted by Gasteiger charge is -2.11. The molecule has 0 bridgehead atoms. The van der Waals surface area contributed by atoms with Crippen molar-refractivity contribution in [1.29, 1.82) is 0 Å². The molecule has 0 spiro atoms. The molecule has 0 amide bonds. The molecular formula is C18H23N3O4. The summed E-state index contributed by atoms with van der Waals surface area (Å²) in [6.45, 7) is 8.80. The fourth-order valence-corrected chi connectivity index (χ4v) is 2.67. The zero-order chi connectivity index (χ0) is 18.6. The van der Waals surface area contributed by atoms with E-state index in [9.17, 15) is 14.9 Å². The molecule has 0 saturated carbocycles. The fourth-order valence-electron chi connectivity index (χ4n) is 2.67. The molecule has 0 unspecified atom stereocenters. The first-order chi connectivity index (χ1) is 11.8. The number of hydrogen-bond donors (Lipinski definition) is 0. The van der Waals surface area contributed by atoms with Crippen LogP contribution in [0.3, 0.4) is 0 Å². The number of aryl methyl sites for hydroxylation is 1. The highest BCUT2D eigenvalue weighted by Gasteiger charge is 2.20. The number of aromatic nitrogens is 2. The van der Waals surface area contributed by atoms with E-state index in [0.29, 0.717) is 11.5 Å². The van der Waals surface area contributed by atoms with Crippen LogP contribution in [0.25, 0.3) is 0 Å². The minimum atomic E-state index is -0.627. The summed E-state index contributed by atoms with van der Waals surface area (Å²) < 4.78 is 7.48. The van der Waals surface area contributed by atoms with Gasteiger partial charge in [0, 0.05) is 23.5 Å². The van der Waals surface area contributed by atoms with Crippen LogP contribution in [-0.2, 0) is 6.54 Å². The summed E-state index contributed by atoms with van der Waals surface area (Å²) in [6, 6.07) is 4.81. The van der Waals surface area contributed by atoms with Gasteiger partial charge in [0.05, 0.1) is 0 Å². The van der Waals surface area contributed by atoms with E-state index < -0.39 is 10.7 Å². The number of ketones is 1. The fraction of sp³-hybridized carbons (Fsp3) is 0.444. The van der Waals surface area contributed by atoms with Gasteiger partial charge in [-0.15, -0.1) is 0 Å². The van der Waals surface area contributed by atoms with Gasteiger partial charge in [-0.1, -0.05) is 13.8 Å². The topological polar surface area (TPSA) is 87.3 Å². The number of nitro groups is 1. The highest BCUT2D eigenvalue weighted by Crippen LogP contribution is 2.24. The molecule has 2 heterocycles. The number of Topliss-reactive ketones (excluding diaryl/α,β-unsaturated/α-hetero) is 1. The van der Waals surface area contributed by atoms with E-state index >= 15 is 0 Å². The van der Waals surface area contributed by atoms with Crippen molar-refractivity contribution in [3.63, 3.8) is 0 Å². The highest BCUT2D eigenvalue weighted by molar-refractivity contribution is 5.98. The van der Waals surface area contributed by atoms with Crippen molar-refractivity contribution in [3.05, 3.63) is 51.5 Å². The molecule has 2 aromatic heterocycles. The van der Waals surface area contributed by atoms with Crippen molar-refractivity contribution < 1.29 is 14.5 Å². The van der Waals surface area contributed by atoms with Crippen LogP contribution in [-0.4, -0.2) is 26.9 Å². The first-order valence-corrected chi connectivity index (χ1v) is 8.23. The largest absolute Gasteiger partial charge is 0.477 e. The molecule has 7 heteroatoms. The number of carbonyl (C=O) groups is 1. The highest BCUT2D eigenvalue weighted by atomic mass is 16.6. The maximum atomic E-state index is 12.5. The molecule has 0 radical (unpaired) electrons. The van der Waals surface area contributed by atoms with Crippen molar-refractivity contribution in [2.75, 3.05) is 6.61 Å². The minimum Gasteiger partial charge on any atom is -0.477 e. The van der Waals surface area contributed by atoms with Crippen molar-refractivity contribution in [1.82, 2.24) is 9.55 Å². The van der Waals surface area contributed by atoms with Crippen LogP contribution in [0, 0.1) is 29.9 Å². The van der Waals surface area contributed by atoms with Gasteiger partial charge in [-0.2, -0.15) is 0 Å². The predicted octanol–water partition coefficient (Wildman–Crippen LogP) is 3.72. The Morgan fingerprint density at radius 3 is 2.76 bits per heavy atom. The molecule has 25 heavy (non-hydrogen) atoms. The molecule has 0 aromatic carbocycles. The Bertz CT molecular complexity index is 781. The van der Waals surface area contributed by atoms with E-state index in [2.05, 4.69) is 23.4 Å². The second kappa shape index (κ2) is 7.92. The van der Waals surface area contributed by atoms with E-state index in [1.54, 1.807) is 0 Å². The molecule has 0 fully saturated rings. The second-order valence-corrected chi connectivity index (χ2v) is 6.41. The molecule has 0 saturated heterocycles. The number of hydrogen-bond acceptors (Lipinski definition) is 5. The van der Waals surface area contributed by atoms with Crippen LogP contribution in [0.1, 0.15) is 42.0 Å². The van der Waals surface area contributed by atoms with Crippen LogP contribution in [0.2, 0.25) is 0 Å². The zero-order valence-corrected chi connectivity index (χ0v) is 15.0. The quantitative estimate of drug-likeness (QED) is 0.413. The predicted molar refractivity (Wildman–Crippen MR) is 94.1 cm³/mol. The SMILES string of the molecule is Cc1cc(C(=O)COc2cccnc2[N+](=O)[O-])c(C)n1CCC(C)C. The summed E-state index contributed by atoms with van der Waals surface area (Å²) in [5, 5.41) is 10.9. The van der Waals surface area contributed by atoms with Gasteiger partial charge < -0.3 is 19.4 Å². The number of rotatable bonds is 8. The summed E-state index contributed by atoms with van der Waals surface area (Å²) in [7, 11) is 0. The van der Waals surface area contributed by atoms with Crippen molar-refractivity contribution >= 4 is 11.6 Å². The number of nitrogens with zero attached hydrogens (tertiary/aromatic N) is 3. The van der Waals surface area contributed by atoms with Gasteiger partial charge in [0.2, 0.25) is 11.5 Å². The van der Waals surface area contributed by atoms with Crippen LogP contribution in [0.4, 0.5) is 5.82 Å². The Kier molecular flexibility index (Phi) is 5.90. The Hall–Kier alpha value is -2.70. The third-order valence-corrected chi connectivity index (χ3v) is 4.09. The summed E-state index contributed by atoms with van der Waals surface area (Å²) in [6.07, 6.45) is 2.34. The van der Waals surface area contributed by atoms with Gasteiger partial charge in [0.25, 0.3) is 0 Å². The van der Waals surface area contributed by atoms with Crippen LogP contribution in [0.5, 0.6) is 5.75 Å². The van der Waals surface area contributed by atoms with Crippen molar-refractivity contribution in [3.8, 4) is 5.75 Å². The lowest BCUT2D eigenvalue weighted by molar-refractivity contribution is -0.390. The molecule has 134 valence electrons. The van der Waals surface area contributed by atoms with Gasteiger partial charge in [0.15, 0.2) is 6.61 Å². The van der Waals surface area contributed by atoms with Crippen LogP contribution in [0.15, 0.2) is 24.4 Å². The molecule has 2 rings (SSSR count). The lowest BCUT2D eigenvalue weighted by atomic mass is 10.1. The molecular weight excluding hydrogens is 322 g/mol. The molecule has 0 aliphatic heterocycles. The summed E-state index contributed by atoms with van der Waals surface area (Å²) >= 11 is 0. The van der Waals surface area contributed by atoms with Gasteiger partial charge in [0.1, 0.15) is 6.20 Å². The molecule has 0 aliphatic carbocycles. The molecule has 2 aromatic rings. The minimum absolute atomic E-state index is 0.00512. The third-order valence-electron chi connectivity index (χ3n) is 4.09. The Morgan fingerprint density at radius 1 is 1.40 bits per heavy atom. The van der Waals surface area contributed by atoms with Gasteiger partial charge in [-0.25, -0.2) is 0 Å². The average molecular weight is 345 g/mol. The summed E-state index contributed by atoms with van der Waals surface area (Å²) in [4.78, 5) is 26.5. The first-order valence-electron chi connectivity index (χ1n) is 8.23. The third kappa shape index (κ3) is 4.43. The summed E-state index contributed by atoms with van der Waals surface area (Å²) in [5.41, 5.74) is 2.51. The maximum absolute atomic E-state index is 12.5. The first kappa shape index (κ1) is 18.6. The van der Waals surface area contributed by atoms with E-state index in [0.717, 1.165) is 24.4 Å². The van der Waals surface area contributed by atoms with Crippen LogP contribution >= 0.6 is 0 Å². The lowest BCUT2D eigenvalue weighted by Crippen LogP contribution is -2.14. The van der Waals surface area contributed by atoms with Gasteiger partial charge >= 0.3 is 5.82 Å². The smallest absolute Gasteiger partial charge is 0.406 e. The van der Waals surface area contributed by atoms with Gasteiger partial charge in [-0.3, -0.25) is 4.79 Å². The summed E-state index contributed by atoms with van der Waals surface area (Å²) in [5.74, 6) is -0.0240. The molecule has 0 atom stereocenters.